The molecule has 0 aliphatic rings. The van der Waals surface area contributed by atoms with Crippen LogP contribution in [-0.2, 0) is 0 Å². The van der Waals surface area contributed by atoms with Crippen LogP contribution in [0.4, 0.5) is 5.69 Å². The Labute approximate surface area is 145 Å². The van der Waals surface area contributed by atoms with Crippen LogP contribution in [0.3, 0.4) is 0 Å². The Balaban J connectivity index is 2.04. The number of rotatable bonds is 2. The number of hydrogen-bond donors (Lipinski definition) is 1. The van der Waals surface area contributed by atoms with Crippen molar-refractivity contribution in [1.82, 2.24) is 0 Å². The van der Waals surface area contributed by atoms with Gasteiger partial charge < -0.3 is 9.73 Å². The maximum absolute atomic E-state index is 12.5. The van der Waals surface area contributed by atoms with E-state index < -0.39 is 0 Å². The van der Waals surface area contributed by atoms with Crippen molar-refractivity contribution in [3.8, 4) is 0 Å². The Morgan fingerprint density at radius 1 is 1.14 bits per heavy atom. The highest BCUT2D eigenvalue weighted by molar-refractivity contribution is 9.10. The first-order chi connectivity index (χ1) is 10.5. The Kier molecular flexibility index (Phi) is 4.17. The molecule has 0 unspecified atom stereocenters. The molecule has 3 nitrogen and oxygen atoms in total. The van der Waals surface area contributed by atoms with Crippen LogP contribution < -0.4 is 5.32 Å². The first-order valence-corrected chi connectivity index (χ1v) is 7.97. The second kappa shape index (κ2) is 5.95. The number of fused-ring (bicyclic) bond motifs is 1. The largest absolute Gasteiger partial charge is 0.458 e. The highest BCUT2D eigenvalue weighted by Gasteiger charge is 2.18. The Hall–Kier alpha value is -1.49. The fraction of sp³-hybridized carbons (Fsp3) is 0.0625. The number of nitrogens with one attached hydrogen (secondary N) is 1. The number of carbonyl (C=O) groups is 1. The lowest BCUT2D eigenvalue weighted by Crippen LogP contribution is -2.13. The molecule has 1 aromatic heterocycles. The normalized spacial score (nSPS) is 10.9. The molecule has 1 heterocycles. The van der Waals surface area contributed by atoms with E-state index in [1.807, 2.05) is 19.1 Å². The van der Waals surface area contributed by atoms with Crippen molar-refractivity contribution in [2.75, 3.05) is 5.32 Å². The quantitative estimate of drug-likeness (QED) is 0.569. The summed E-state index contributed by atoms with van der Waals surface area (Å²) in [6.45, 7) is 1.85. The zero-order valence-corrected chi connectivity index (χ0v) is 14.5. The van der Waals surface area contributed by atoms with E-state index in [0.717, 1.165) is 15.6 Å². The number of benzene rings is 2. The average Bonchev–Trinajstić information content (AvgIpc) is 2.76. The first-order valence-electron chi connectivity index (χ1n) is 6.42. The molecule has 3 aromatic rings. The van der Waals surface area contributed by atoms with Crippen molar-refractivity contribution in [3.63, 3.8) is 0 Å². The molecule has 0 aliphatic carbocycles. The minimum atomic E-state index is -0.381. The van der Waals surface area contributed by atoms with Crippen molar-refractivity contribution in [3.05, 3.63) is 62.2 Å². The molecular weight excluding hydrogens is 389 g/mol. The van der Waals surface area contributed by atoms with Crippen LogP contribution in [0.25, 0.3) is 11.0 Å². The second-order valence-corrected chi connectivity index (χ2v) is 6.31. The summed E-state index contributed by atoms with van der Waals surface area (Å²) in [7, 11) is 0. The van der Waals surface area contributed by atoms with Gasteiger partial charge in [0.15, 0.2) is 5.58 Å². The molecule has 0 atom stereocenters. The molecule has 0 aliphatic heterocycles. The van der Waals surface area contributed by atoms with Gasteiger partial charge in [0.25, 0.3) is 5.91 Å². The number of furan rings is 1. The Morgan fingerprint density at radius 3 is 2.45 bits per heavy atom. The van der Waals surface area contributed by atoms with Crippen molar-refractivity contribution < 1.29 is 9.21 Å². The summed E-state index contributed by atoms with van der Waals surface area (Å²) in [5.41, 5.74) is 1.40. The van der Waals surface area contributed by atoms with E-state index >= 15 is 0 Å². The van der Waals surface area contributed by atoms with Gasteiger partial charge in [-0.1, -0.05) is 35.3 Å². The van der Waals surface area contributed by atoms with Gasteiger partial charge in [0.1, 0.15) is 5.76 Å². The van der Waals surface area contributed by atoms with E-state index in [0.29, 0.717) is 21.3 Å². The number of aryl methyl sites for hydroxylation is 1. The van der Waals surface area contributed by atoms with Gasteiger partial charge in [-0.05, 0) is 47.1 Å². The maximum atomic E-state index is 12.5. The van der Waals surface area contributed by atoms with E-state index in [9.17, 15) is 4.79 Å². The molecular formula is C16H10BrCl2NO2. The number of hydrogen-bond acceptors (Lipinski definition) is 2. The predicted octanol–water partition coefficient (Wildman–Crippen LogP) is 6.06. The highest BCUT2D eigenvalue weighted by atomic mass is 79.9. The summed E-state index contributed by atoms with van der Waals surface area (Å²) in [5, 5.41) is 4.29. The van der Waals surface area contributed by atoms with Crippen LogP contribution in [0.2, 0.25) is 10.0 Å². The van der Waals surface area contributed by atoms with Gasteiger partial charge in [0.05, 0.1) is 25.8 Å². The number of anilines is 1. The number of halogens is 3. The average molecular weight is 399 g/mol. The molecule has 0 radical (unpaired) electrons. The smallest absolute Gasteiger partial charge is 0.258 e. The Bertz CT molecular complexity index is 869. The second-order valence-electron chi connectivity index (χ2n) is 4.71. The van der Waals surface area contributed by atoms with Crippen LogP contribution in [-0.4, -0.2) is 5.91 Å². The lowest BCUT2D eigenvalue weighted by Gasteiger charge is -2.08. The van der Waals surface area contributed by atoms with Crippen LogP contribution in [0.5, 0.6) is 0 Å². The molecule has 1 N–H and O–H groups in total. The number of carbonyl (C=O) groups excluding carboxylic acids is 1. The van der Waals surface area contributed by atoms with Crippen molar-refractivity contribution in [2.45, 2.75) is 6.92 Å². The third-order valence-corrected chi connectivity index (χ3v) is 4.87. The molecule has 0 saturated carbocycles. The molecule has 2 aromatic carbocycles. The highest BCUT2D eigenvalue weighted by Crippen LogP contribution is 2.35. The predicted molar refractivity (Wildman–Crippen MR) is 93.1 cm³/mol. The zero-order valence-electron chi connectivity index (χ0n) is 11.4. The topological polar surface area (TPSA) is 42.2 Å². The Morgan fingerprint density at radius 2 is 1.77 bits per heavy atom. The van der Waals surface area contributed by atoms with E-state index in [4.69, 9.17) is 27.6 Å². The van der Waals surface area contributed by atoms with Gasteiger partial charge in [-0.2, -0.15) is 0 Å². The molecule has 0 bridgehead atoms. The molecule has 3 rings (SSSR count). The van der Waals surface area contributed by atoms with Crippen LogP contribution in [0.15, 0.2) is 45.3 Å². The number of amides is 1. The maximum Gasteiger partial charge on any atom is 0.258 e. The van der Waals surface area contributed by atoms with Crippen molar-refractivity contribution in [1.29, 1.82) is 0 Å². The monoisotopic (exact) mass is 397 g/mol. The van der Waals surface area contributed by atoms with Crippen LogP contribution in [0, 0.1) is 6.92 Å². The summed E-state index contributed by atoms with van der Waals surface area (Å²) in [4.78, 5) is 12.5. The lowest BCUT2D eigenvalue weighted by atomic mass is 10.2. The van der Waals surface area contributed by atoms with Gasteiger partial charge >= 0.3 is 0 Å². The first kappa shape index (κ1) is 15.4. The molecule has 0 spiro atoms. The lowest BCUT2D eigenvalue weighted by molar-refractivity contribution is 0.102. The van der Waals surface area contributed by atoms with Crippen LogP contribution >= 0.6 is 39.1 Å². The van der Waals surface area contributed by atoms with Gasteiger partial charge in [-0.25, -0.2) is 0 Å². The van der Waals surface area contributed by atoms with E-state index in [1.54, 1.807) is 24.3 Å². The summed E-state index contributed by atoms with van der Waals surface area (Å²) >= 11 is 15.6. The minimum absolute atomic E-state index is 0.241. The van der Waals surface area contributed by atoms with Gasteiger partial charge in [-0.15, -0.1) is 0 Å². The summed E-state index contributed by atoms with van der Waals surface area (Å²) in [6.07, 6.45) is 0. The summed E-state index contributed by atoms with van der Waals surface area (Å²) in [6, 6.07) is 10.4. The van der Waals surface area contributed by atoms with E-state index in [2.05, 4.69) is 21.2 Å². The number of para-hydroxylation sites is 1. The minimum Gasteiger partial charge on any atom is -0.458 e. The summed E-state index contributed by atoms with van der Waals surface area (Å²) < 4.78 is 6.57. The van der Waals surface area contributed by atoms with E-state index in [1.165, 1.54) is 0 Å². The van der Waals surface area contributed by atoms with Crippen molar-refractivity contribution >= 4 is 61.7 Å². The standard InChI is InChI=1S/C16H10BrCl2NO2/c1-8-14(17)9-4-2-7-12(15(9)22-8)20-16(21)13-10(18)5-3-6-11(13)19/h2-7H,1H3,(H,20,21). The third-order valence-electron chi connectivity index (χ3n) is 3.25. The fourth-order valence-corrected chi connectivity index (χ4v) is 3.17. The molecule has 22 heavy (non-hydrogen) atoms. The fourth-order valence-electron chi connectivity index (χ4n) is 2.21. The molecule has 112 valence electrons. The van der Waals surface area contributed by atoms with Gasteiger partial charge in [0.2, 0.25) is 0 Å². The van der Waals surface area contributed by atoms with E-state index in [-0.39, 0.29) is 11.5 Å². The van der Waals surface area contributed by atoms with Crippen LogP contribution in [0.1, 0.15) is 16.1 Å². The molecule has 6 heteroatoms. The van der Waals surface area contributed by atoms with Gasteiger partial charge in [-0.3, -0.25) is 4.79 Å². The SMILES string of the molecule is Cc1oc2c(NC(=O)c3c(Cl)cccc3Cl)cccc2c1Br. The zero-order chi connectivity index (χ0) is 15.9. The third kappa shape index (κ3) is 2.62. The van der Waals surface area contributed by atoms with Crippen molar-refractivity contribution in [2.24, 2.45) is 0 Å². The summed E-state index contributed by atoms with van der Waals surface area (Å²) in [5.74, 6) is 0.362. The molecule has 1 amide bonds. The van der Waals surface area contributed by atoms with Gasteiger partial charge in [0, 0.05) is 5.39 Å². The molecule has 0 saturated heterocycles. The molecule has 0 fully saturated rings.